The molecule has 0 radical (unpaired) electrons. The quantitative estimate of drug-likeness (QED) is 0.768. The minimum atomic E-state index is -3.39. The lowest BCUT2D eigenvalue weighted by Gasteiger charge is -2.39. The maximum absolute atomic E-state index is 12.3. The van der Waals surface area contributed by atoms with Gasteiger partial charge in [-0.3, -0.25) is 14.0 Å². The van der Waals surface area contributed by atoms with Crippen LogP contribution in [0.5, 0.6) is 0 Å². The largest absolute Gasteiger partial charge is 0.465 e. The van der Waals surface area contributed by atoms with Crippen LogP contribution in [0.3, 0.4) is 0 Å². The second-order valence-corrected chi connectivity index (χ2v) is 10.0. The van der Waals surface area contributed by atoms with Gasteiger partial charge in [-0.05, 0) is 54.7 Å². The van der Waals surface area contributed by atoms with Gasteiger partial charge in [-0.25, -0.2) is 13.2 Å². The van der Waals surface area contributed by atoms with Gasteiger partial charge in [-0.15, -0.1) is 0 Å². The highest BCUT2D eigenvalue weighted by Gasteiger charge is 2.34. The van der Waals surface area contributed by atoms with Gasteiger partial charge in [0.15, 0.2) is 0 Å². The number of aryl methyl sites for hydroxylation is 1. The first-order valence-electron chi connectivity index (χ1n) is 10.1. The summed E-state index contributed by atoms with van der Waals surface area (Å²) in [5.41, 5.74) is 4.17. The van der Waals surface area contributed by atoms with E-state index in [1.54, 1.807) is 17.0 Å². The standard InChI is InChI=1S/C22H25N3O5S/c1-14-13-23(22(27)28)21-12-18(8-9-19(21)25(14)15(2)26)17-7-6-16-5-4-10-24(20(16)11-17)31(3,29)30/h6-9,11-12,14H,4-5,10,13H2,1-3H3,(H,27,28)/t14-/m0/s1. The van der Waals surface area contributed by atoms with Gasteiger partial charge in [0.25, 0.3) is 0 Å². The average molecular weight is 444 g/mol. The molecule has 2 aliphatic rings. The molecule has 9 heteroatoms. The van der Waals surface area contributed by atoms with Gasteiger partial charge < -0.3 is 10.0 Å². The molecule has 31 heavy (non-hydrogen) atoms. The molecule has 2 aromatic carbocycles. The number of carbonyl (C=O) groups is 2. The highest BCUT2D eigenvalue weighted by molar-refractivity contribution is 7.92. The fourth-order valence-electron chi connectivity index (χ4n) is 4.53. The van der Waals surface area contributed by atoms with Crippen molar-refractivity contribution in [2.45, 2.75) is 32.7 Å². The molecule has 0 bridgehead atoms. The molecule has 0 fully saturated rings. The molecule has 8 nitrogen and oxygen atoms in total. The Balaban J connectivity index is 1.83. The maximum atomic E-state index is 12.3. The van der Waals surface area contributed by atoms with E-state index in [1.807, 2.05) is 31.2 Å². The summed E-state index contributed by atoms with van der Waals surface area (Å²) in [6, 6.07) is 10.8. The van der Waals surface area contributed by atoms with Crippen LogP contribution in [0.2, 0.25) is 0 Å². The van der Waals surface area contributed by atoms with Crippen molar-refractivity contribution in [3.8, 4) is 11.1 Å². The summed E-state index contributed by atoms with van der Waals surface area (Å²) in [4.78, 5) is 26.9. The second kappa shape index (κ2) is 7.56. The molecule has 0 unspecified atom stereocenters. The number of nitrogens with zero attached hydrogens (tertiary/aromatic N) is 3. The van der Waals surface area contributed by atoms with Gasteiger partial charge in [0.1, 0.15) is 0 Å². The molecule has 1 atom stereocenters. The van der Waals surface area contributed by atoms with Gasteiger partial charge in [0.05, 0.1) is 29.4 Å². The predicted octanol–water partition coefficient (Wildman–Crippen LogP) is 3.31. The summed E-state index contributed by atoms with van der Waals surface area (Å²) in [7, 11) is -3.39. The lowest BCUT2D eigenvalue weighted by atomic mass is 9.96. The molecular formula is C22H25N3O5S. The van der Waals surface area contributed by atoms with Gasteiger partial charge in [0.2, 0.25) is 15.9 Å². The van der Waals surface area contributed by atoms with E-state index in [-0.39, 0.29) is 18.5 Å². The van der Waals surface area contributed by atoms with Crippen LogP contribution in [0.15, 0.2) is 36.4 Å². The van der Waals surface area contributed by atoms with Crippen molar-refractivity contribution in [1.82, 2.24) is 0 Å². The molecule has 164 valence electrons. The van der Waals surface area contributed by atoms with Crippen LogP contribution >= 0.6 is 0 Å². The topological polar surface area (TPSA) is 98.2 Å². The molecule has 0 saturated carbocycles. The fourth-order valence-corrected chi connectivity index (χ4v) is 5.52. The van der Waals surface area contributed by atoms with Crippen LogP contribution in [0.25, 0.3) is 11.1 Å². The zero-order valence-corrected chi connectivity index (χ0v) is 18.5. The minimum Gasteiger partial charge on any atom is -0.465 e. The first-order valence-corrected chi connectivity index (χ1v) is 12.0. The molecule has 1 N–H and O–H groups in total. The van der Waals surface area contributed by atoms with Crippen LogP contribution in [-0.4, -0.2) is 50.9 Å². The van der Waals surface area contributed by atoms with E-state index in [1.165, 1.54) is 22.4 Å². The van der Waals surface area contributed by atoms with Crippen molar-refractivity contribution in [2.75, 3.05) is 33.5 Å². The number of carbonyl (C=O) groups excluding carboxylic acids is 1. The summed E-state index contributed by atoms with van der Waals surface area (Å²) in [6.07, 6.45) is 1.70. The number of anilines is 3. The van der Waals surface area contributed by atoms with Gasteiger partial charge in [0, 0.05) is 20.0 Å². The Hall–Kier alpha value is -3.07. The molecule has 0 spiro atoms. The van der Waals surface area contributed by atoms with E-state index in [9.17, 15) is 23.1 Å². The third-order valence-corrected chi connectivity index (χ3v) is 7.06. The van der Waals surface area contributed by atoms with Crippen LogP contribution in [0, 0.1) is 0 Å². The third-order valence-electron chi connectivity index (χ3n) is 5.88. The summed E-state index contributed by atoms with van der Waals surface area (Å²) < 4.78 is 25.9. The van der Waals surface area contributed by atoms with Crippen molar-refractivity contribution in [3.63, 3.8) is 0 Å². The summed E-state index contributed by atoms with van der Waals surface area (Å²) in [5, 5.41) is 9.72. The monoisotopic (exact) mass is 443 g/mol. The molecule has 0 aromatic heterocycles. The van der Waals surface area contributed by atoms with Crippen LogP contribution in [0.4, 0.5) is 21.9 Å². The number of hydrogen-bond donors (Lipinski definition) is 1. The zero-order chi connectivity index (χ0) is 22.5. The van der Waals surface area contributed by atoms with Crippen molar-refractivity contribution < 1.29 is 23.1 Å². The lowest BCUT2D eigenvalue weighted by molar-refractivity contribution is -0.117. The molecule has 4 rings (SSSR count). The predicted molar refractivity (Wildman–Crippen MR) is 120 cm³/mol. The highest BCUT2D eigenvalue weighted by atomic mass is 32.2. The molecule has 2 amide bonds. The summed E-state index contributed by atoms with van der Waals surface area (Å²) >= 11 is 0. The zero-order valence-electron chi connectivity index (χ0n) is 17.7. The Kier molecular flexibility index (Phi) is 5.17. The van der Waals surface area contributed by atoms with Crippen LogP contribution in [0.1, 0.15) is 25.8 Å². The van der Waals surface area contributed by atoms with Crippen molar-refractivity contribution in [1.29, 1.82) is 0 Å². The number of amides is 2. The average Bonchev–Trinajstić information content (AvgIpc) is 2.70. The Bertz CT molecular complexity index is 1180. The number of sulfonamides is 1. The summed E-state index contributed by atoms with van der Waals surface area (Å²) in [5.74, 6) is -0.149. The van der Waals surface area contributed by atoms with Crippen LogP contribution in [-0.2, 0) is 21.2 Å². The van der Waals surface area contributed by atoms with Crippen molar-refractivity contribution in [3.05, 3.63) is 42.0 Å². The van der Waals surface area contributed by atoms with E-state index < -0.39 is 16.1 Å². The molecule has 2 aliphatic heterocycles. The van der Waals surface area contributed by atoms with E-state index in [0.29, 0.717) is 23.6 Å². The normalized spacial score (nSPS) is 18.4. The van der Waals surface area contributed by atoms with Crippen molar-refractivity contribution in [2.24, 2.45) is 0 Å². The van der Waals surface area contributed by atoms with E-state index in [4.69, 9.17) is 0 Å². The van der Waals surface area contributed by atoms with Crippen molar-refractivity contribution >= 4 is 39.1 Å². The Labute approximate surface area is 181 Å². The lowest BCUT2D eigenvalue weighted by Crippen LogP contribution is -2.51. The molecule has 2 heterocycles. The van der Waals surface area contributed by atoms with Crippen LogP contribution < -0.4 is 14.1 Å². The maximum Gasteiger partial charge on any atom is 0.411 e. The van der Waals surface area contributed by atoms with E-state index in [0.717, 1.165) is 29.5 Å². The minimum absolute atomic E-state index is 0.149. The Morgan fingerprint density at radius 1 is 1.03 bits per heavy atom. The van der Waals surface area contributed by atoms with Gasteiger partial charge >= 0.3 is 6.09 Å². The molecule has 2 aromatic rings. The van der Waals surface area contributed by atoms with Gasteiger partial charge in [-0.2, -0.15) is 0 Å². The number of fused-ring (bicyclic) bond motifs is 2. The number of rotatable bonds is 2. The van der Waals surface area contributed by atoms with E-state index in [2.05, 4.69) is 0 Å². The second-order valence-electron chi connectivity index (χ2n) is 8.12. The number of benzene rings is 2. The Morgan fingerprint density at radius 2 is 1.68 bits per heavy atom. The fraction of sp³-hybridized carbons (Fsp3) is 0.364. The smallest absolute Gasteiger partial charge is 0.411 e. The third kappa shape index (κ3) is 3.74. The SMILES string of the molecule is CC(=O)N1c2ccc(-c3ccc4c(c3)N(S(C)(=O)=O)CCC4)cc2N(C(=O)O)C[C@@H]1C. The molecular weight excluding hydrogens is 418 g/mol. The number of hydrogen-bond acceptors (Lipinski definition) is 4. The molecule has 0 saturated heterocycles. The highest BCUT2D eigenvalue weighted by Crippen LogP contribution is 2.40. The first kappa shape index (κ1) is 21.2. The van der Waals surface area contributed by atoms with E-state index >= 15 is 0 Å². The number of carboxylic acid groups (broad SMARTS) is 1. The first-order chi connectivity index (χ1) is 14.6. The van der Waals surface area contributed by atoms with Gasteiger partial charge in [-0.1, -0.05) is 18.2 Å². The summed E-state index contributed by atoms with van der Waals surface area (Å²) in [6.45, 7) is 3.90. The molecule has 0 aliphatic carbocycles. The Morgan fingerprint density at radius 3 is 2.29 bits per heavy atom.